The molecule has 0 aliphatic rings. The summed E-state index contributed by atoms with van der Waals surface area (Å²) in [5, 5.41) is 8.91. The summed E-state index contributed by atoms with van der Waals surface area (Å²) in [7, 11) is 1.58. The number of aromatic carboxylic acids is 1. The number of carbonyl (C=O) groups is 1. The van der Waals surface area contributed by atoms with E-state index in [1.165, 1.54) is 6.20 Å². The number of ether oxygens (including phenoxy) is 1. The van der Waals surface area contributed by atoms with Crippen molar-refractivity contribution in [3.05, 3.63) is 48.3 Å². The number of aromatic nitrogens is 1. The predicted molar refractivity (Wildman–Crippen MR) is 63.2 cm³/mol. The molecule has 4 heteroatoms. The minimum atomic E-state index is -0.991. The van der Waals surface area contributed by atoms with Gasteiger partial charge in [0, 0.05) is 23.5 Å². The topological polar surface area (TPSA) is 59.4 Å². The van der Waals surface area contributed by atoms with Gasteiger partial charge in [0.25, 0.3) is 0 Å². The van der Waals surface area contributed by atoms with Crippen molar-refractivity contribution >= 4 is 5.97 Å². The first-order chi connectivity index (χ1) is 8.22. The Morgan fingerprint density at radius 3 is 2.76 bits per heavy atom. The largest absolute Gasteiger partial charge is 0.496 e. The highest BCUT2D eigenvalue weighted by Crippen LogP contribution is 2.29. The van der Waals surface area contributed by atoms with E-state index < -0.39 is 5.97 Å². The third-order valence-electron chi connectivity index (χ3n) is 2.40. The first-order valence-electron chi connectivity index (χ1n) is 5.04. The summed E-state index contributed by atoms with van der Waals surface area (Å²) in [6, 6.07) is 8.99. The molecule has 2 aromatic rings. The number of hydrogen-bond acceptors (Lipinski definition) is 3. The SMILES string of the molecule is COc1ccccc1-c1cncc(C(=O)O)c1. The fourth-order valence-electron chi connectivity index (χ4n) is 1.59. The lowest BCUT2D eigenvalue weighted by Gasteiger charge is -2.08. The minimum Gasteiger partial charge on any atom is -0.496 e. The molecule has 0 aliphatic heterocycles. The number of pyridine rings is 1. The maximum atomic E-state index is 10.9. The van der Waals surface area contributed by atoms with Crippen LogP contribution in [0.1, 0.15) is 10.4 Å². The molecule has 0 fully saturated rings. The molecule has 0 unspecified atom stereocenters. The van der Waals surface area contributed by atoms with Gasteiger partial charge in [0.05, 0.1) is 12.7 Å². The predicted octanol–water partition coefficient (Wildman–Crippen LogP) is 2.46. The van der Waals surface area contributed by atoms with Crippen molar-refractivity contribution in [2.45, 2.75) is 0 Å². The maximum absolute atomic E-state index is 10.9. The molecular weight excluding hydrogens is 218 g/mol. The Hall–Kier alpha value is -2.36. The number of methoxy groups -OCH3 is 1. The van der Waals surface area contributed by atoms with Crippen LogP contribution in [-0.2, 0) is 0 Å². The van der Waals surface area contributed by atoms with E-state index in [9.17, 15) is 4.79 Å². The molecule has 0 atom stereocenters. The molecule has 0 saturated heterocycles. The van der Waals surface area contributed by atoms with Crippen LogP contribution >= 0.6 is 0 Å². The van der Waals surface area contributed by atoms with Gasteiger partial charge in [-0.2, -0.15) is 0 Å². The van der Waals surface area contributed by atoms with Crippen molar-refractivity contribution in [3.63, 3.8) is 0 Å². The van der Waals surface area contributed by atoms with E-state index in [0.29, 0.717) is 5.75 Å². The van der Waals surface area contributed by atoms with E-state index in [0.717, 1.165) is 11.1 Å². The first-order valence-corrected chi connectivity index (χ1v) is 5.04. The van der Waals surface area contributed by atoms with Gasteiger partial charge in [-0.05, 0) is 12.1 Å². The summed E-state index contributed by atoms with van der Waals surface area (Å²) in [4.78, 5) is 14.8. The lowest BCUT2D eigenvalue weighted by Crippen LogP contribution is -1.97. The van der Waals surface area contributed by atoms with E-state index >= 15 is 0 Å². The number of carboxylic acids is 1. The van der Waals surface area contributed by atoms with Crippen LogP contribution in [0.2, 0.25) is 0 Å². The smallest absolute Gasteiger partial charge is 0.337 e. The van der Waals surface area contributed by atoms with Gasteiger partial charge >= 0.3 is 5.97 Å². The molecule has 0 amide bonds. The van der Waals surface area contributed by atoms with Crippen LogP contribution in [0.5, 0.6) is 5.75 Å². The van der Waals surface area contributed by atoms with Crippen LogP contribution in [0, 0.1) is 0 Å². The van der Waals surface area contributed by atoms with Crippen molar-refractivity contribution in [2.24, 2.45) is 0 Å². The molecule has 4 nitrogen and oxygen atoms in total. The second kappa shape index (κ2) is 4.65. The van der Waals surface area contributed by atoms with E-state index in [1.54, 1.807) is 19.4 Å². The van der Waals surface area contributed by atoms with Crippen molar-refractivity contribution in [1.29, 1.82) is 0 Å². The van der Waals surface area contributed by atoms with Crippen LogP contribution in [0.4, 0.5) is 0 Å². The van der Waals surface area contributed by atoms with Gasteiger partial charge in [0.2, 0.25) is 0 Å². The third-order valence-corrected chi connectivity index (χ3v) is 2.40. The zero-order chi connectivity index (χ0) is 12.3. The standard InChI is InChI=1S/C13H11NO3/c1-17-12-5-3-2-4-11(12)9-6-10(13(15)16)8-14-7-9/h2-8H,1H3,(H,15,16). The van der Waals surface area contributed by atoms with Crippen LogP contribution in [0.3, 0.4) is 0 Å². The van der Waals surface area contributed by atoms with E-state index in [4.69, 9.17) is 9.84 Å². The molecule has 1 aromatic heterocycles. The second-order valence-electron chi connectivity index (χ2n) is 3.47. The average molecular weight is 229 g/mol. The quantitative estimate of drug-likeness (QED) is 0.878. The Balaban J connectivity index is 2.52. The van der Waals surface area contributed by atoms with E-state index in [2.05, 4.69) is 4.98 Å². The van der Waals surface area contributed by atoms with Gasteiger partial charge in [0.1, 0.15) is 5.75 Å². The molecule has 0 radical (unpaired) electrons. The summed E-state index contributed by atoms with van der Waals surface area (Å²) in [5.41, 5.74) is 1.71. The summed E-state index contributed by atoms with van der Waals surface area (Å²) in [6.07, 6.45) is 2.94. The summed E-state index contributed by atoms with van der Waals surface area (Å²) >= 11 is 0. The van der Waals surface area contributed by atoms with Crippen LogP contribution in [-0.4, -0.2) is 23.2 Å². The number of rotatable bonds is 3. The van der Waals surface area contributed by atoms with Gasteiger partial charge in [0.15, 0.2) is 0 Å². The molecule has 0 aliphatic carbocycles. The highest BCUT2D eigenvalue weighted by molar-refractivity contribution is 5.89. The van der Waals surface area contributed by atoms with E-state index in [1.807, 2.05) is 24.3 Å². The number of nitrogens with zero attached hydrogens (tertiary/aromatic N) is 1. The number of para-hydroxylation sites is 1. The highest BCUT2D eigenvalue weighted by Gasteiger charge is 2.08. The molecule has 0 saturated carbocycles. The zero-order valence-electron chi connectivity index (χ0n) is 9.25. The molecule has 1 N–H and O–H groups in total. The number of benzene rings is 1. The van der Waals surface area contributed by atoms with Crippen LogP contribution < -0.4 is 4.74 Å². The Labute approximate surface area is 98.5 Å². The molecule has 17 heavy (non-hydrogen) atoms. The van der Waals surface area contributed by atoms with Crippen LogP contribution in [0.25, 0.3) is 11.1 Å². The Kier molecular flexibility index (Phi) is 3.05. The fourth-order valence-corrected chi connectivity index (χ4v) is 1.59. The average Bonchev–Trinajstić information content (AvgIpc) is 2.39. The van der Waals surface area contributed by atoms with E-state index in [-0.39, 0.29) is 5.56 Å². The lowest BCUT2D eigenvalue weighted by molar-refractivity contribution is 0.0696. The van der Waals surface area contributed by atoms with Gasteiger partial charge in [-0.1, -0.05) is 18.2 Å². The summed E-state index contributed by atoms with van der Waals surface area (Å²) in [6.45, 7) is 0. The molecule has 2 rings (SSSR count). The van der Waals surface area contributed by atoms with Crippen LogP contribution in [0.15, 0.2) is 42.7 Å². The molecule has 86 valence electrons. The van der Waals surface area contributed by atoms with Crippen molar-refractivity contribution in [2.75, 3.05) is 7.11 Å². The number of hydrogen-bond donors (Lipinski definition) is 1. The molecule has 1 heterocycles. The monoisotopic (exact) mass is 229 g/mol. The Morgan fingerprint density at radius 1 is 1.29 bits per heavy atom. The molecule has 0 bridgehead atoms. The minimum absolute atomic E-state index is 0.161. The number of carboxylic acid groups (broad SMARTS) is 1. The molecular formula is C13H11NO3. The second-order valence-corrected chi connectivity index (χ2v) is 3.47. The maximum Gasteiger partial charge on any atom is 0.337 e. The van der Waals surface area contributed by atoms with Crippen molar-refractivity contribution in [1.82, 2.24) is 4.98 Å². The third kappa shape index (κ3) is 2.25. The normalized spacial score (nSPS) is 9.94. The van der Waals surface area contributed by atoms with Crippen molar-refractivity contribution < 1.29 is 14.6 Å². The summed E-state index contributed by atoms with van der Waals surface area (Å²) < 4.78 is 5.22. The van der Waals surface area contributed by atoms with Gasteiger partial charge < -0.3 is 9.84 Å². The summed E-state index contributed by atoms with van der Waals surface area (Å²) in [5.74, 6) is -0.300. The fraction of sp³-hybridized carbons (Fsp3) is 0.0769. The molecule has 0 spiro atoms. The van der Waals surface area contributed by atoms with Gasteiger partial charge in [-0.25, -0.2) is 4.79 Å². The first kappa shape index (κ1) is 11.1. The molecule has 1 aromatic carbocycles. The highest BCUT2D eigenvalue weighted by atomic mass is 16.5. The van der Waals surface area contributed by atoms with Gasteiger partial charge in [-0.3, -0.25) is 4.98 Å². The zero-order valence-corrected chi connectivity index (χ0v) is 9.25. The Bertz CT molecular complexity index is 552. The Morgan fingerprint density at radius 2 is 2.06 bits per heavy atom. The van der Waals surface area contributed by atoms with Gasteiger partial charge in [-0.15, -0.1) is 0 Å². The van der Waals surface area contributed by atoms with Crippen molar-refractivity contribution in [3.8, 4) is 16.9 Å². The lowest BCUT2D eigenvalue weighted by atomic mass is 10.1.